The van der Waals surface area contributed by atoms with Crippen molar-refractivity contribution in [3.05, 3.63) is 65.9 Å². The number of aromatic amines is 2. The summed E-state index contributed by atoms with van der Waals surface area (Å²) >= 11 is 1.75. The van der Waals surface area contributed by atoms with Crippen LogP contribution in [-0.2, 0) is 4.79 Å². The largest absolute Gasteiger partial charge is 0.337 e. The quantitative estimate of drug-likeness (QED) is 0.283. The van der Waals surface area contributed by atoms with Crippen molar-refractivity contribution < 1.29 is 4.79 Å². The summed E-state index contributed by atoms with van der Waals surface area (Å²) in [5.41, 5.74) is 6.70. The van der Waals surface area contributed by atoms with Gasteiger partial charge >= 0.3 is 0 Å². The van der Waals surface area contributed by atoms with Gasteiger partial charge in [0.25, 0.3) is 0 Å². The first kappa shape index (κ1) is 21.2. The minimum Gasteiger partial charge on any atom is -0.337 e. The number of carbonyl (C=O) groups is 1. The van der Waals surface area contributed by atoms with Crippen LogP contribution in [-0.4, -0.2) is 36.0 Å². The zero-order valence-corrected chi connectivity index (χ0v) is 19.9. The maximum absolute atomic E-state index is 11.8. The van der Waals surface area contributed by atoms with E-state index >= 15 is 0 Å². The van der Waals surface area contributed by atoms with E-state index in [1.54, 1.807) is 29.9 Å². The Morgan fingerprint density at radius 2 is 1.97 bits per heavy atom. The summed E-state index contributed by atoms with van der Waals surface area (Å²) in [6, 6.07) is 14.3. The molecule has 0 spiro atoms. The number of fused-ring (bicyclic) bond motifs is 2. The summed E-state index contributed by atoms with van der Waals surface area (Å²) in [5.74, 6) is 0.640. The number of rotatable bonds is 5. The molecule has 0 saturated heterocycles. The summed E-state index contributed by atoms with van der Waals surface area (Å²) in [5, 5.41) is 11.2. The number of aromatic nitrogens is 6. The molecule has 0 unspecified atom stereocenters. The maximum atomic E-state index is 11.8. The predicted molar refractivity (Wildman–Crippen MR) is 139 cm³/mol. The number of carbonyl (C=O) groups excluding carboxylic acids is 1. The van der Waals surface area contributed by atoms with Crippen molar-refractivity contribution >= 4 is 45.0 Å². The van der Waals surface area contributed by atoms with Crippen LogP contribution >= 0.6 is 11.3 Å². The first-order chi connectivity index (χ1) is 17.1. The summed E-state index contributed by atoms with van der Waals surface area (Å²) in [6.07, 6.45) is 5.54. The van der Waals surface area contributed by atoms with Crippen LogP contribution in [0.1, 0.15) is 18.2 Å². The van der Waals surface area contributed by atoms with Crippen LogP contribution < -0.4 is 5.32 Å². The number of nitrogens with zero attached hydrogens (tertiary/aromatic N) is 4. The van der Waals surface area contributed by atoms with Crippen molar-refractivity contribution in [2.24, 2.45) is 0 Å². The molecule has 0 aliphatic heterocycles. The number of thiophene rings is 1. The molecule has 0 fully saturated rings. The van der Waals surface area contributed by atoms with Crippen LogP contribution in [0, 0.1) is 6.92 Å². The SMILES string of the molecule is CCC(=O)Nc1cncc(-c2cnc3n[nH]c(-c4nc5c(-c6ccc(C)s6)cccc5[nH]4)c3c2)c1. The molecule has 5 aromatic heterocycles. The second-order valence-electron chi connectivity index (χ2n) is 8.26. The molecule has 0 saturated carbocycles. The molecule has 6 rings (SSSR count). The lowest BCUT2D eigenvalue weighted by molar-refractivity contribution is -0.115. The van der Waals surface area contributed by atoms with E-state index in [9.17, 15) is 4.79 Å². The molecule has 8 nitrogen and oxygen atoms in total. The van der Waals surface area contributed by atoms with Crippen molar-refractivity contribution in [2.45, 2.75) is 20.3 Å². The Balaban J connectivity index is 1.43. The topological polar surface area (TPSA) is 112 Å². The molecule has 1 aromatic carbocycles. The maximum Gasteiger partial charge on any atom is 0.224 e. The Labute approximate surface area is 204 Å². The molecule has 5 heterocycles. The van der Waals surface area contributed by atoms with Gasteiger partial charge in [-0.3, -0.25) is 14.9 Å². The lowest BCUT2D eigenvalue weighted by Crippen LogP contribution is -2.09. The summed E-state index contributed by atoms with van der Waals surface area (Å²) < 4.78 is 0. The number of para-hydroxylation sites is 1. The standard InChI is InChI=1S/C26H21N7OS/c1-3-22(34)29-17-9-15(11-27-13-17)16-10-19-24(32-33-25(19)28-12-16)26-30-20-6-4-5-18(23(20)31-26)21-8-7-14(2)35-21/h4-13H,3H2,1-2H3,(H,29,34)(H,30,31)(H,28,32,33). The average molecular weight is 480 g/mol. The number of H-pyrrole nitrogens is 2. The Hall–Kier alpha value is -4.37. The summed E-state index contributed by atoms with van der Waals surface area (Å²) in [6.45, 7) is 3.92. The highest BCUT2D eigenvalue weighted by Gasteiger charge is 2.16. The van der Waals surface area contributed by atoms with Gasteiger partial charge in [0.15, 0.2) is 11.5 Å². The minimum absolute atomic E-state index is 0.0587. The first-order valence-corrected chi connectivity index (χ1v) is 12.1. The molecule has 0 aliphatic carbocycles. The van der Waals surface area contributed by atoms with Gasteiger partial charge in [0, 0.05) is 45.3 Å². The number of anilines is 1. The van der Waals surface area contributed by atoms with E-state index < -0.39 is 0 Å². The molecule has 0 atom stereocenters. The lowest BCUT2D eigenvalue weighted by atomic mass is 10.1. The molecule has 6 aromatic rings. The van der Waals surface area contributed by atoms with Gasteiger partial charge in [-0.15, -0.1) is 11.3 Å². The van der Waals surface area contributed by atoms with Crippen LogP contribution in [0.4, 0.5) is 5.69 Å². The van der Waals surface area contributed by atoms with Crippen molar-refractivity contribution in [2.75, 3.05) is 5.32 Å². The van der Waals surface area contributed by atoms with Gasteiger partial charge in [-0.1, -0.05) is 19.1 Å². The van der Waals surface area contributed by atoms with E-state index in [1.807, 2.05) is 31.2 Å². The van der Waals surface area contributed by atoms with E-state index in [0.29, 0.717) is 23.6 Å². The molecule has 1 amide bonds. The molecule has 0 aliphatic rings. The smallest absolute Gasteiger partial charge is 0.224 e. The van der Waals surface area contributed by atoms with Crippen molar-refractivity contribution in [1.82, 2.24) is 30.1 Å². The fraction of sp³-hybridized carbons (Fsp3) is 0.115. The van der Waals surface area contributed by atoms with Gasteiger partial charge in [-0.2, -0.15) is 5.10 Å². The van der Waals surface area contributed by atoms with Crippen molar-refractivity contribution in [3.8, 4) is 33.1 Å². The third-order valence-corrected chi connectivity index (χ3v) is 6.88. The Bertz CT molecular complexity index is 1710. The molecule has 9 heteroatoms. The Morgan fingerprint density at radius 3 is 2.80 bits per heavy atom. The van der Waals surface area contributed by atoms with Crippen LogP contribution in [0.2, 0.25) is 0 Å². The molecule has 35 heavy (non-hydrogen) atoms. The normalized spacial score (nSPS) is 11.4. The number of hydrogen-bond donors (Lipinski definition) is 3. The minimum atomic E-state index is -0.0587. The van der Waals surface area contributed by atoms with Gasteiger partial charge in [-0.25, -0.2) is 9.97 Å². The third-order valence-electron chi connectivity index (χ3n) is 5.84. The molecule has 172 valence electrons. The summed E-state index contributed by atoms with van der Waals surface area (Å²) in [4.78, 5) is 31.4. The highest BCUT2D eigenvalue weighted by Crippen LogP contribution is 2.35. The van der Waals surface area contributed by atoms with Crippen molar-refractivity contribution in [3.63, 3.8) is 0 Å². The lowest BCUT2D eigenvalue weighted by Gasteiger charge is -2.06. The zero-order chi connectivity index (χ0) is 23.9. The van der Waals surface area contributed by atoms with Gasteiger partial charge in [-0.05, 0) is 37.3 Å². The molecule has 0 bridgehead atoms. The molecule has 0 radical (unpaired) electrons. The number of aryl methyl sites for hydroxylation is 1. The fourth-order valence-corrected chi connectivity index (χ4v) is 4.98. The highest BCUT2D eigenvalue weighted by atomic mass is 32.1. The third kappa shape index (κ3) is 3.85. The average Bonchev–Trinajstić information content (AvgIpc) is 3.61. The van der Waals surface area contributed by atoms with Gasteiger partial charge in [0.05, 0.1) is 28.3 Å². The number of pyridine rings is 2. The van der Waals surface area contributed by atoms with Gasteiger partial charge in [0.1, 0.15) is 5.69 Å². The van der Waals surface area contributed by atoms with E-state index in [2.05, 4.69) is 55.6 Å². The van der Waals surface area contributed by atoms with E-state index in [-0.39, 0.29) is 5.91 Å². The van der Waals surface area contributed by atoms with Gasteiger partial charge in [0.2, 0.25) is 5.91 Å². The van der Waals surface area contributed by atoms with E-state index in [4.69, 9.17) is 4.98 Å². The number of nitrogens with one attached hydrogen (secondary N) is 3. The molecular weight excluding hydrogens is 458 g/mol. The number of imidazole rings is 1. The van der Waals surface area contributed by atoms with Crippen LogP contribution in [0.5, 0.6) is 0 Å². The Morgan fingerprint density at radius 1 is 1.09 bits per heavy atom. The first-order valence-electron chi connectivity index (χ1n) is 11.2. The molecule has 3 N–H and O–H groups in total. The van der Waals surface area contributed by atoms with Crippen LogP contribution in [0.25, 0.3) is 55.2 Å². The van der Waals surface area contributed by atoms with Crippen molar-refractivity contribution in [1.29, 1.82) is 0 Å². The second kappa shape index (κ2) is 8.44. The van der Waals surface area contributed by atoms with Crippen LogP contribution in [0.15, 0.2) is 61.1 Å². The monoisotopic (exact) mass is 479 g/mol. The van der Waals surface area contributed by atoms with Crippen LogP contribution in [0.3, 0.4) is 0 Å². The number of hydrogen-bond acceptors (Lipinski definition) is 6. The number of amides is 1. The highest BCUT2D eigenvalue weighted by molar-refractivity contribution is 7.15. The van der Waals surface area contributed by atoms with E-state index in [0.717, 1.165) is 38.8 Å². The van der Waals surface area contributed by atoms with E-state index in [1.165, 1.54) is 9.75 Å². The molecular formula is C26H21N7OS. The summed E-state index contributed by atoms with van der Waals surface area (Å²) in [7, 11) is 0. The zero-order valence-electron chi connectivity index (χ0n) is 19.1. The fourth-order valence-electron chi connectivity index (χ4n) is 4.08. The second-order valence-corrected chi connectivity index (χ2v) is 9.54. The Kier molecular flexibility index (Phi) is 5.11. The van der Waals surface area contributed by atoms with Gasteiger partial charge < -0.3 is 10.3 Å². The number of benzene rings is 1. The predicted octanol–water partition coefficient (Wildman–Crippen LogP) is 5.95.